The number of nitrogens with zero attached hydrogens (tertiary/aromatic N) is 2. The van der Waals surface area contributed by atoms with Gasteiger partial charge in [0.2, 0.25) is 5.91 Å². The van der Waals surface area contributed by atoms with E-state index in [1.54, 1.807) is 43.5 Å². The number of anilines is 1. The molecule has 0 spiro atoms. The number of methoxy groups -OCH3 is 1. The number of carbonyl (C=O) groups is 2. The summed E-state index contributed by atoms with van der Waals surface area (Å²) < 4.78 is 99.4. The number of ether oxygens (including phenoxy) is 3. The predicted octanol–water partition coefficient (Wildman–Crippen LogP) is 10.7. The molecule has 2 amide bonds. The molecule has 0 aliphatic carbocycles. The van der Waals surface area contributed by atoms with Crippen molar-refractivity contribution in [1.82, 2.24) is 14.8 Å². The van der Waals surface area contributed by atoms with E-state index in [1.807, 2.05) is 23.2 Å². The number of rotatable bonds is 10. The van der Waals surface area contributed by atoms with Crippen LogP contribution in [0, 0.1) is 0 Å². The van der Waals surface area contributed by atoms with Gasteiger partial charge in [-0.2, -0.15) is 26.3 Å². The van der Waals surface area contributed by atoms with Gasteiger partial charge in [0.15, 0.2) is 6.29 Å². The minimum Gasteiger partial charge on any atom is -0.497 e. The second-order valence-electron chi connectivity index (χ2n) is 14.8. The molecule has 2 fully saturated rings. The summed E-state index contributed by atoms with van der Waals surface area (Å²) in [6, 6.07) is 17.5. The van der Waals surface area contributed by atoms with Crippen LogP contribution < -0.4 is 10.1 Å². The average Bonchev–Trinajstić information content (AvgIpc) is 3.65. The van der Waals surface area contributed by atoms with E-state index in [4.69, 9.17) is 37.4 Å². The number of piperidine rings is 1. The molecule has 1 unspecified atom stereocenters. The summed E-state index contributed by atoms with van der Waals surface area (Å²) in [7, 11) is 1.57. The van der Waals surface area contributed by atoms with E-state index < -0.39 is 41.9 Å². The van der Waals surface area contributed by atoms with Crippen molar-refractivity contribution in [3.05, 3.63) is 128 Å². The van der Waals surface area contributed by atoms with E-state index in [0.717, 1.165) is 29.3 Å². The van der Waals surface area contributed by atoms with Gasteiger partial charge in [-0.3, -0.25) is 14.5 Å². The standard InChI is InChI=1S/C43H40Cl2F6N4O5/c1-24(28-17-29(42(46,47)48)21-30(18-28)43(49,50)51)60-41-39(26-3-9-35(44)36(45)20-26)55(15-16-59-41)38(56)23-54-13-11-25(12-14-54)34-22-52-37-10-4-27(19-33(34)37)40(57)53-31-5-7-32(58-2)8-6-31/h3-10,17-22,24-25,39,41,52H,11-16,23H2,1-2H3,(H,53,57)/t24?,39-,41+/m0/s1. The fourth-order valence-electron chi connectivity index (χ4n) is 7.75. The molecule has 0 saturated carbocycles. The van der Waals surface area contributed by atoms with Crippen molar-refractivity contribution in [1.29, 1.82) is 0 Å². The Morgan fingerprint density at radius 2 is 1.57 bits per heavy atom. The molecule has 0 bridgehead atoms. The zero-order valence-corrected chi connectivity index (χ0v) is 33.8. The van der Waals surface area contributed by atoms with E-state index in [-0.39, 0.29) is 59.1 Å². The monoisotopic (exact) mass is 876 g/mol. The first kappa shape index (κ1) is 43.3. The van der Waals surface area contributed by atoms with Crippen LogP contribution in [0.5, 0.6) is 5.75 Å². The number of likely N-dealkylation sites (tertiary alicyclic amines) is 1. The number of benzene rings is 4. The molecule has 5 aromatic rings. The number of aromatic nitrogens is 1. The summed E-state index contributed by atoms with van der Waals surface area (Å²) >= 11 is 12.6. The summed E-state index contributed by atoms with van der Waals surface area (Å²) in [6.45, 7) is 2.62. The largest absolute Gasteiger partial charge is 0.497 e. The Kier molecular flexibility index (Phi) is 12.7. The topological polar surface area (TPSA) is 96.1 Å². The molecule has 318 valence electrons. The number of amides is 2. The summed E-state index contributed by atoms with van der Waals surface area (Å²) in [5.74, 6) is 0.283. The first-order valence-corrected chi connectivity index (χ1v) is 19.8. The van der Waals surface area contributed by atoms with Gasteiger partial charge >= 0.3 is 12.4 Å². The zero-order valence-electron chi connectivity index (χ0n) is 32.3. The zero-order chi connectivity index (χ0) is 42.9. The van der Waals surface area contributed by atoms with E-state index >= 15 is 0 Å². The molecule has 1 aromatic heterocycles. The molecule has 2 saturated heterocycles. The smallest absolute Gasteiger partial charge is 0.416 e. The van der Waals surface area contributed by atoms with Gasteiger partial charge in [0.1, 0.15) is 11.8 Å². The summed E-state index contributed by atoms with van der Waals surface area (Å²) in [6.07, 6.45) is -9.30. The lowest BCUT2D eigenvalue weighted by Crippen LogP contribution is -2.52. The molecular weight excluding hydrogens is 837 g/mol. The fourth-order valence-corrected chi connectivity index (χ4v) is 8.05. The van der Waals surface area contributed by atoms with Gasteiger partial charge in [0.05, 0.1) is 47.5 Å². The SMILES string of the molecule is COc1ccc(NC(=O)c2ccc3[nH]cc(C4CCN(CC(=O)N5CCO[C@H](OC(C)c6cc(C(F)(F)F)cc(C(F)(F)F)c6)[C@@H]5c5ccc(Cl)c(Cl)c5)CC4)c3c2)cc1. The molecule has 9 nitrogen and oxygen atoms in total. The van der Waals surface area contributed by atoms with Crippen LogP contribution in [0.1, 0.15) is 76.0 Å². The Balaban J connectivity index is 1.05. The maximum atomic E-state index is 14.2. The van der Waals surface area contributed by atoms with Crippen LogP contribution in [0.25, 0.3) is 10.9 Å². The number of carbonyl (C=O) groups excluding carboxylic acids is 2. The third-order valence-electron chi connectivity index (χ3n) is 10.9. The van der Waals surface area contributed by atoms with Gasteiger partial charge < -0.3 is 29.4 Å². The van der Waals surface area contributed by atoms with E-state index in [9.17, 15) is 35.9 Å². The minimum absolute atomic E-state index is 0.0138. The number of aromatic amines is 1. The van der Waals surface area contributed by atoms with Crippen molar-refractivity contribution in [2.75, 3.05) is 45.2 Å². The van der Waals surface area contributed by atoms with Gasteiger partial charge in [-0.25, -0.2) is 0 Å². The van der Waals surface area contributed by atoms with Crippen molar-refractivity contribution in [3.63, 3.8) is 0 Å². The van der Waals surface area contributed by atoms with E-state index in [0.29, 0.717) is 47.8 Å². The maximum absolute atomic E-state index is 14.2. The lowest BCUT2D eigenvalue weighted by molar-refractivity contribution is -0.229. The Hall–Kier alpha value is -4.80. The number of nitrogens with one attached hydrogen (secondary N) is 2. The van der Waals surface area contributed by atoms with Crippen LogP contribution in [-0.2, 0) is 26.6 Å². The van der Waals surface area contributed by atoms with Crippen LogP contribution in [0.4, 0.5) is 32.0 Å². The molecule has 60 heavy (non-hydrogen) atoms. The number of hydrogen-bond acceptors (Lipinski definition) is 6. The quantitative estimate of drug-likeness (QED) is 0.136. The summed E-state index contributed by atoms with van der Waals surface area (Å²) in [5.41, 5.74) is 0.223. The third-order valence-corrected chi connectivity index (χ3v) is 11.7. The van der Waals surface area contributed by atoms with Crippen molar-refractivity contribution in [2.45, 2.75) is 56.5 Å². The molecule has 2 aliphatic rings. The molecular formula is C43H40Cl2F6N4O5. The van der Waals surface area contributed by atoms with Crippen LogP contribution >= 0.6 is 23.2 Å². The Morgan fingerprint density at radius 3 is 2.20 bits per heavy atom. The molecule has 3 heterocycles. The van der Waals surface area contributed by atoms with Crippen molar-refractivity contribution >= 4 is 51.6 Å². The molecule has 2 aliphatic heterocycles. The van der Waals surface area contributed by atoms with E-state index in [1.165, 1.54) is 24.0 Å². The molecule has 3 atom stereocenters. The van der Waals surface area contributed by atoms with Crippen molar-refractivity contribution < 1.29 is 50.1 Å². The molecule has 4 aromatic carbocycles. The third kappa shape index (κ3) is 9.71. The highest BCUT2D eigenvalue weighted by molar-refractivity contribution is 6.42. The predicted molar refractivity (Wildman–Crippen MR) is 214 cm³/mol. The van der Waals surface area contributed by atoms with Crippen molar-refractivity contribution in [2.24, 2.45) is 0 Å². The average molecular weight is 878 g/mol. The van der Waals surface area contributed by atoms with Crippen molar-refractivity contribution in [3.8, 4) is 5.75 Å². The van der Waals surface area contributed by atoms with Crippen LogP contribution in [0.3, 0.4) is 0 Å². The Labute approximate surface area is 351 Å². The van der Waals surface area contributed by atoms with Crippen LogP contribution in [-0.4, -0.2) is 72.8 Å². The first-order chi connectivity index (χ1) is 28.5. The van der Waals surface area contributed by atoms with Gasteiger partial charge in [-0.1, -0.05) is 29.3 Å². The number of H-pyrrole nitrogens is 1. The number of halogens is 8. The van der Waals surface area contributed by atoms with Gasteiger partial charge in [-0.05, 0) is 128 Å². The summed E-state index contributed by atoms with van der Waals surface area (Å²) in [4.78, 5) is 34.2. The highest BCUT2D eigenvalue weighted by Gasteiger charge is 2.41. The lowest BCUT2D eigenvalue weighted by atomic mass is 9.89. The van der Waals surface area contributed by atoms with Crippen LogP contribution in [0.15, 0.2) is 85.1 Å². The highest BCUT2D eigenvalue weighted by Crippen LogP contribution is 2.41. The number of fused-ring (bicyclic) bond motifs is 1. The molecule has 17 heteroatoms. The van der Waals surface area contributed by atoms with Gasteiger partial charge in [-0.15, -0.1) is 0 Å². The second kappa shape index (κ2) is 17.7. The molecule has 2 N–H and O–H groups in total. The second-order valence-corrected chi connectivity index (χ2v) is 15.6. The van der Waals surface area contributed by atoms with Crippen LogP contribution in [0.2, 0.25) is 10.0 Å². The Bertz CT molecular complexity index is 2320. The number of alkyl halides is 6. The number of morpholine rings is 1. The van der Waals surface area contributed by atoms with Gasteiger partial charge in [0.25, 0.3) is 5.91 Å². The first-order valence-electron chi connectivity index (χ1n) is 19.1. The van der Waals surface area contributed by atoms with E-state index in [2.05, 4.69) is 10.3 Å². The fraction of sp³-hybridized carbons (Fsp3) is 0.349. The van der Waals surface area contributed by atoms with Gasteiger partial charge in [0, 0.05) is 34.9 Å². The minimum atomic E-state index is -5.05. The normalized spacial score (nSPS) is 18.7. The summed E-state index contributed by atoms with van der Waals surface area (Å²) in [5, 5.41) is 4.25. The lowest BCUT2D eigenvalue weighted by Gasteiger charge is -2.43. The molecule has 7 rings (SSSR count). The maximum Gasteiger partial charge on any atom is 0.416 e. The number of hydrogen-bond donors (Lipinski definition) is 2. The molecule has 0 radical (unpaired) electrons. The Morgan fingerprint density at radius 1 is 0.883 bits per heavy atom. The highest BCUT2D eigenvalue weighted by atomic mass is 35.5.